The van der Waals surface area contributed by atoms with Crippen LogP contribution in [0.5, 0.6) is 0 Å². The average Bonchev–Trinajstić information content (AvgIpc) is 2.40. The molecule has 0 heterocycles. The second-order valence-electron chi connectivity index (χ2n) is 4.32. The minimum Gasteiger partial charge on any atom is -0.545 e. The smallest absolute Gasteiger partial charge is 0.545 e. The maximum Gasteiger partial charge on any atom is 2.00 e. The van der Waals surface area contributed by atoms with Gasteiger partial charge in [-0.05, 0) is 36.8 Å². The van der Waals surface area contributed by atoms with E-state index in [0.29, 0.717) is 24.0 Å². The van der Waals surface area contributed by atoms with Crippen molar-refractivity contribution in [3.8, 4) is 0 Å². The van der Waals surface area contributed by atoms with Gasteiger partial charge < -0.3 is 19.8 Å². The van der Waals surface area contributed by atoms with Gasteiger partial charge in [-0.1, -0.05) is 52.7 Å². The first-order valence-electron chi connectivity index (χ1n) is 7.25. The Morgan fingerprint density at radius 3 is 1.19 bits per heavy atom. The van der Waals surface area contributed by atoms with E-state index in [0.717, 1.165) is 25.7 Å². The van der Waals surface area contributed by atoms with Crippen LogP contribution in [0.15, 0.2) is 23.3 Å². The standard InChI is InChI=1S/2C8H14O2.Co/c2*1-3-5-6-7(4-2)8(9)10;/h2*6H,3-5H2,1-2H3,(H,9,10);/q;;+2/p-2. The third-order valence-corrected chi connectivity index (χ3v) is 2.65. The van der Waals surface area contributed by atoms with E-state index in [9.17, 15) is 19.8 Å². The molecule has 5 heteroatoms. The van der Waals surface area contributed by atoms with Crippen LogP contribution in [-0.2, 0) is 26.4 Å². The Hall–Kier alpha value is -1.07. The number of allylic oxidation sites excluding steroid dienone is 2. The van der Waals surface area contributed by atoms with E-state index < -0.39 is 11.9 Å². The number of carboxylic acid groups (broad SMARTS) is 2. The molecule has 0 saturated heterocycles. The molecule has 0 atom stereocenters. The van der Waals surface area contributed by atoms with Crippen molar-refractivity contribution in [3.63, 3.8) is 0 Å². The molecule has 0 unspecified atom stereocenters. The zero-order valence-electron chi connectivity index (χ0n) is 13.4. The number of carbonyl (C=O) groups is 2. The summed E-state index contributed by atoms with van der Waals surface area (Å²) in [5, 5.41) is 20.5. The van der Waals surface area contributed by atoms with Crippen LogP contribution in [0.25, 0.3) is 0 Å². The van der Waals surface area contributed by atoms with E-state index in [4.69, 9.17) is 0 Å². The van der Waals surface area contributed by atoms with E-state index in [-0.39, 0.29) is 16.8 Å². The van der Waals surface area contributed by atoms with Crippen molar-refractivity contribution >= 4 is 11.9 Å². The summed E-state index contributed by atoms with van der Waals surface area (Å²) in [6, 6.07) is 0. The summed E-state index contributed by atoms with van der Waals surface area (Å²) in [5.74, 6) is -2.06. The van der Waals surface area contributed by atoms with Crippen LogP contribution in [0.1, 0.15) is 66.2 Å². The normalized spacial score (nSPS) is 11.0. The zero-order valence-corrected chi connectivity index (χ0v) is 14.4. The fourth-order valence-electron chi connectivity index (χ4n) is 1.38. The maximum absolute atomic E-state index is 10.3. The van der Waals surface area contributed by atoms with Crippen LogP contribution in [-0.4, -0.2) is 11.9 Å². The van der Waals surface area contributed by atoms with Gasteiger partial charge in [-0.2, -0.15) is 0 Å². The average molecular weight is 341 g/mol. The van der Waals surface area contributed by atoms with Gasteiger partial charge in [-0.15, -0.1) is 0 Å². The molecule has 0 N–H and O–H groups in total. The molecule has 0 spiro atoms. The van der Waals surface area contributed by atoms with Gasteiger partial charge in [0, 0.05) is 0 Å². The second-order valence-corrected chi connectivity index (χ2v) is 4.32. The number of carbonyl (C=O) groups excluding carboxylic acids is 2. The predicted octanol–water partition coefficient (Wildman–Crippen LogP) is 1.74. The topological polar surface area (TPSA) is 80.3 Å². The van der Waals surface area contributed by atoms with E-state index in [1.165, 1.54) is 0 Å². The Morgan fingerprint density at radius 1 is 0.762 bits per heavy atom. The third-order valence-electron chi connectivity index (χ3n) is 2.65. The van der Waals surface area contributed by atoms with Gasteiger partial charge in [-0.25, -0.2) is 0 Å². The first-order chi connectivity index (χ1) is 9.44. The summed E-state index contributed by atoms with van der Waals surface area (Å²) >= 11 is 0. The minimum atomic E-state index is -1.03. The number of unbranched alkanes of at least 4 members (excludes halogenated alkanes) is 2. The molecule has 0 amide bonds. The molecule has 0 aliphatic carbocycles. The van der Waals surface area contributed by atoms with Crippen LogP contribution in [0.3, 0.4) is 0 Å². The van der Waals surface area contributed by atoms with Crippen molar-refractivity contribution in [1.82, 2.24) is 0 Å². The third kappa shape index (κ3) is 15.1. The molecule has 1 radical (unpaired) electrons. The monoisotopic (exact) mass is 341 g/mol. The largest absolute Gasteiger partial charge is 2.00 e. The van der Waals surface area contributed by atoms with Crippen LogP contribution in [0.2, 0.25) is 0 Å². The van der Waals surface area contributed by atoms with Gasteiger partial charge in [0.25, 0.3) is 0 Å². The first kappa shape index (κ1) is 24.9. The Morgan fingerprint density at radius 2 is 1.05 bits per heavy atom. The summed E-state index contributed by atoms with van der Waals surface area (Å²) < 4.78 is 0. The Labute approximate surface area is 138 Å². The van der Waals surface area contributed by atoms with Crippen molar-refractivity contribution in [2.24, 2.45) is 0 Å². The van der Waals surface area contributed by atoms with Gasteiger partial charge in [0.2, 0.25) is 0 Å². The molecule has 0 aliphatic heterocycles. The van der Waals surface area contributed by atoms with Crippen LogP contribution < -0.4 is 10.2 Å². The summed E-state index contributed by atoms with van der Waals surface area (Å²) in [6.45, 7) is 7.66. The van der Waals surface area contributed by atoms with Crippen LogP contribution in [0, 0.1) is 0 Å². The molecule has 0 aromatic carbocycles. The van der Waals surface area contributed by atoms with Crippen molar-refractivity contribution in [2.75, 3.05) is 0 Å². The molecule has 0 aliphatic rings. The molecule has 0 saturated carbocycles. The van der Waals surface area contributed by atoms with E-state index in [1.54, 1.807) is 12.2 Å². The predicted molar refractivity (Wildman–Crippen MR) is 76.6 cm³/mol. The summed E-state index contributed by atoms with van der Waals surface area (Å²) in [5.41, 5.74) is 0.837. The SMILES string of the molecule is CCCC=C(CC)C(=O)[O-].CCCC=C(CC)C(=O)[O-].[Co+2]. The molecule has 0 fully saturated rings. The van der Waals surface area contributed by atoms with Gasteiger partial charge >= 0.3 is 16.8 Å². The quantitative estimate of drug-likeness (QED) is 0.630. The number of carboxylic acids is 2. The number of aliphatic carboxylic acids is 2. The zero-order chi connectivity index (χ0) is 16.0. The van der Waals surface area contributed by atoms with Crippen LogP contribution >= 0.6 is 0 Å². The van der Waals surface area contributed by atoms with Gasteiger partial charge in [0.1, 0.15) is 0 Å². The molecule has 0 rings (SSSR count). The van der Waals surface area contributed by atoms with E-state index in [1.807, 2.05) is 27.7 Å². The molecular weight excluding hydrogens is 315 g/mol. The Kier molecular flexibility index (Phi) is 20.1. The summed E-state index contributed by atoms with van der Waals surface area (Å²) in [4.78, 5) is 20.5. The van der Waals surface area contributed by atoms with Gasteiger partial charge in [-0.3, -0.25) is 0 Å². The molecular formula is C16H26CoO4. The van der Waals surface area contributed by atoms with Crippen molar-refractivity contribution in [1.29, 1.82) is 0 Å². The fraction of sp³-hybridized carbons (Fsp3) is 0.625. The second kappa shape index (κ2) is 17.0. The van der Waals surface area contributed by atoms with Crippen molar-refractivity contribution in [2.45, 2.75) is 66.2 Å². The van der Waals surface area contributed by atoms with E-state index >= 15 is 0 Å². The van der Waals surface area contributed by atoms with E-state index in [2.05, 4.69) is 0 Å². The first-order valence-corrected chi connectivity index (χ1v) is 7.25. The summed E-state index contributed by atoms with van der Waals surface area (Å²) in [6.07, 6.45) is 8.21. The molecule has 4 nitrogen and oxygen atoms in total. The molecule has 0 bridgehead atoms. The minimum absolute atomic E-state index is 0. The van der Waals surface area contributed by atoms with Gasteiger partial charge in [0.05, 0.1) is 11.9 Å². The van der Waals surface area contributed by atoms with Crippen LogP contribution in [0.4, 0.5) is 0 Å². The maximum atomic E-state index is 10.3. The number of rotatable bonds is 8. The van der Waals surface area contributed by atoms with Crippen molar-refractivity contribution in [3.05, 3.63) is 23.3 Å². The number of hydrogen-bond donors (Lipinski definition) is 0. The Bertz CT molecular complexity index is 312. The number of hydrogen-bond acceptors (Lipinski definition) is 4. The molecule has 0 aromatic rings. The Balaban J connectivity index is -0.000000295. The van der Waals surface area contributed by atoms with Crippen molar-refractivity contribution < 1.29 is 36.6 Å². The molecule has 0 aromatic heterocycles. The fourth-order valence-corrected chi connectivity index (χ4v) is 1.38. The summed E-state index contributed by atoms with van der Waals surface area (Å²) in [7, 11) is 0. The van der Waals surface area contributed by atoms with Gasteiger partial charge in [0.15, 0.2) is 0 Å². The molecule has 123 valence electrons. The molecule has 21 heavy (non-hydrogen) atoms.